The van der Waals surface area contributed by atoms with E-state index in [-0.39, 0.29) is 25.4 Å². The van der Waals surface area contributed by atoms with Crippen molar-refractivity contribution in [2.45, 2.75) is 31.9 Å². The van der Waals surface area contributed by atoms with Crippen LogP contribution in [0.5, 0.6) is 0 Å². The van der Waals surface area contributed by atoms with E-state index in [0.717, 1.165) is 6.26 Å². The maximum Gasteiger partial charge on any atom is 0.225 e. The zero-order valence-electron chi connectivity index (χ0n) is 9.73. The number of nitrogens with one attached hydrogen (secondary N) is 1. The average Bonchev–Trinajstić information content (AvgIpc) is 2.22. The minimum atomic E-state index is -3.30. The molecule has 0 aromatic heterocycles. The van der Waals surface area contributed by atoms with Gasteiger partial charge in [-0.05, 0) is 13.8 Å². The Kier molecular flexibility index (Phi) is 3.61. The number of rotatable bonds is 4. The van der Waals surface area contributed by atoms with Gasteiger partial charge in [-0.15, -0.1) is 0 Å². The van der Waals surface area contributed by atoms with Gasteiger partial charge < -0.3 is 10.0 Å². The summed E-state index contributed by atoms with van der Waals surface area (Å²) < 4.78 is 24.7. The van der Waals surface area contributed by atoms with Crippen molar-refractivity contribution in [3.63, 3.8) is 0 Å². The molecule has 0 bridgehead atoms. The number of aliphatic hydroxyl groups is 1. The predicted molar refractivity (Wildman–Crippen MR) is 59.3 cm³/mol. The van der Waals surface area contributed by atoms with Gasteiger partial charge in [0.25, 0.3) is 0 Å². The van der Waals surface area contributed by atoms with Gasteiger partial charge in [0, 0.05) is 18.6 Å². The zero-order chi connectivity index (χ0) is 12.6. The fourth-order valence-corrected chi connectivity index (χ4v) is 2.98. The van der Waals surface area contributed by atoms with Crippen LogP contribution in [0.15, 0.2) is 0 Å². The summed E-state index contributed by atoms with van der Waals surface area (Å²) in [5, 5.41) is 9.30. The molecule has 1 aliphatic heterocycles. The number of β-amino-alcohol motifs (C(OH)–C–C–N with tert-alkyl or cyclic N) is 1. The molecular formula is C9H18N2O4S. The molecule has 7 heteroatoms. The van der Waals surface area contributed by atoms with Gasteiger partial charge in [-0.2, -0.15) is 0 Å². The summed E-state index contributed by atoms with van der Waals surface area (Å²) in [5.41, 5.74) is -0.729. The fourth-order valence-electron chi connectivity index (χ4n) is 1.92. The van der Waals surface area contributed by atoms with Crippen molar-refractivity contribution in [3.8, 4) is 0 Å². The van der Waals surface area contributed by atoms with Crippen molar-refractivity contribution in [3.05, 3.63) is 0 Å². The van der Waals surface area contributed by atoms with Gasteiger partial charge in [0.15, 0.2) is 0 Å². The largest absolute Gasteiger partial charge is 0.391 e. The Bertz CT molecular complexity index is 377. The number of carbonyl (C=O) groups is 1. The van der Waals surface area contributed by atoms with E-state index in [1.807, 2.05) is 0 Å². The summed E-state index contributed by atoms with van der Waals surface area (Å²) in [6, 6.07) is 0. The Hall–Kier alpha value is -0.660. The summed E-state index contributed by atoms with van der Waals surface area (Å²) in [4.78, 5) is 12.9. The summed E-state index contributed by atoms with van der Waals surface area (Å²) in [7, 11) is -3.30. The Balaban J connectivity index is 2.63. The van der Waals surface area contributed by atoms with E-state index in [1.54, 1.807) is 13.8 Å². The highest BCUT2D eigenvalue weighted by molar-refractivity contribution is 7.88. The first-order valence-corrected chi connectivity index (χ1v) is 6.93. The van der Waals surface area contributed by atoms with Gasteiger partial charge in [0.2, 0.25) is 15.9 Å². The molecule has 0 aromatic carbocycles. The molecule has 0 saturated carbocycles. The molecular weight excluding hydrogens is 232 g/mol. The number of hydrogen-bond donors (Lipinski definition) is 2. The highest BCUT2D eigenvalue weighted by Crippen LogP contribution is 2.15. The van der Waals surface area contributed by atoms with E-state index in [9.17, 15) is 18.3 Å². The van der Waals surface area contributed by atoms with E-state index >= 15 is 0 Å². The number of likely N-dealkylation sites (tertiary alicyclic amines) is 1. The second kappa shape index (κ2) is 4.31. The molecule has 6 nitrogen and oxygen atoms in total. The quantitative estimate of drug-likeness (QED) is 0.663. The molecule has 94 valence electrons. The Morgan fingerprint density at radius 3 is 2.50 bits per heavy atom. The lowest BCUT2D eigenvalue weighted by Crippen LogP contribution is -2.51. The summed E-state index contributed by atoms with van der Waals surface area (Å²) in [6.07, 6.45) is 0.561. The topological polar surface area (TPSA) is 86.7 Å². The van der Waals surface area contributed by atoms with Crippen LogP contribution in [0.2, 0.25) is 0 Å². The molecule has 0 aliphatic carbocycles. The monoisotopic (exact) mass is 250 g/mol. The molecule has 1 heterocycles. The lowest BCUT2D eigenvalue weighted by Gasteiger charge is -2.30. The molecule has 0 spiro atoms. The van der Waals surface area contributed by atoms with Crippen LogP contribution in [0, 0.1) is 0 Å². The Labute approximate surface area is 95.7 Å². The van der Waals surface area contributed by atoms with Gasteiger partial charge >= 0.3 is 0 Å². The van der Waals surface area contributed by atoms with Crippen LogP contribution in [-0.4, -0.2) is 55.3 Å². The van der Waals surface area contributed by atoms with Crippen molar-refractivity contribution in [2.24, 2.45) is 0 Å². The SMILES string of the molecule is CC(C)(CN1CC(O)CC1=O)NS(C)(=O)=O. The number of hydrogen-bond acceptors (Lipinski definition) is 4. The van der Waals surface area contributed by atoms with E-state index in [4.69, 9.17) is 0 Å². The van der Waals surface area contributed by atoms with Crippen LogP contribution in [0.4, 0.5) is 0 Å². The average molecular weight is 250 g/mol. The molecule has 1 fully saturated rings. The molecule has 0 aromatic rings. The molecule has 1 atom stereocenters. The van der Waals surface area contributed by atoms with Crippen LogP contribution in [0.25, 0.3) is 0 Å². The van der Waals surface area contributed by atoms with E-state index in [1.165, 1.54) is 4.90 Å². The standard InChI is InChI=1S/C9H18N2O4S/c1-9(2,10-16(3,14)15)6-11-5-7(12)4-8(11)13/h7,10,12H,4-6H2,1-3H3. The first kappa shape index (κ1) is 13.4. The maximum atomic E-state index is 11.4. The normalized spacial score (nSPS) is 22.9. The summed E-state index contributed by atoms with van der Waals surface area (Å²) in [5.74, 6) is -0.143. The van der Waals surface area contributed by atoms with Crippen LogP contribution >= 0.6 is 0 Å². The number of carbonyl (C=O) groups excluding carboxylic acids is 1. The van der Waals surface area contributed by atoms with Crippen molar-refractivity contribution < 1.29 is 18.3 Å². The van der Waals surface area contributed by atoms with Crippen molar-refractivity contribution in [1.82, 2.24) is 9.62 Å². The van der Waals surface area contributed by atoms with Crippen LogP contribution in [-0.2, 0) is 14.8 Å². The van der Waals surface area contributed by atoms with Crippen LogP contribution in [0.1, 0.15) is 20.3 Å². The zero-order valence-corrected chi connectivity index (χ0v) is 10.5. The smallest absolute Gasteiger partial charge is 0.225 e. The molecule has 1 rings (SSSR count). The Morgan fingerprint density at radius 2 is 2.12 bits per heavy atom. The summed E-state index contributed by atoms with van der Waals surface area (Å²) >= 11 is 0. The van der Waals surface area contributed by atoms with E-state index in [0.29, 0.717) is 0 Å². The third-order valence-corrected chi connectivity index (χ3v) is 3.17. The minimum absolute atomic E-state index is 0.120. The van der Waals surface area contributed by atoms with Crippen molar-refractivity contribution >= 4 is 15.9 Å². The Morgan fingerprint density at radius 1 is 1.56 bits per heavy atom. The lowest BCUT2D eigenvalue weighted by atomic mass is 10.1. The number of amides is 1. The number of nitrogens with zero attached hydrogens (tertiary/aromatic N) is 1. The second-order valence-corrected chi connectivity index (χ2v) is 6.64. The van der Waals surface area contributed by atoms with Gasteiger partial charge in [-0.25, -0.2) is 13.1 Å². The van der Waals surface area contributed by atoms with Crippen LogP contribution in [0.3, 0.4) is 0 Å². The maximum absolute atomic E-state index is 11.4. The molecule has 0 radical (unpaired) electrons. The molecule has 16 heavy (non-hydrogen) atoms. The first-order chi connectivity index (χ1) is 7.09. The van der Waals surface area contributed by atoms with Gasteiger partial charge in [-0.1, -0.05) is 0 Å². The summed E-state index contributed by atoms with van der Waals surface area (Å²) in [6.45, 7) is 3.93. The third kappa shape index (κ3) is 4.07. The van der Waals surface area contributed by atoms with Gasteiger partial charge in [0.1, 0.15) is 0 Å². The number of aliphatic hydroxyl groups excluding tert-OH is 1. The minimum Gasteiger partial charge on any atom is -0.391 e. The number of sulfonamides is 1. The van der Waals surface area contributed by atoms with E-state index in [2.05, 4.69) is 4.72 Å². The third-order valence-electron chi connectivity index (χ3n) is 2.24. The van der Waals surface area contributed by atoms with Crippen molar-refractivity contribution in [2.75, 3.05) is 19.3 Å². The molecule has 1 aliphatic rings. The predicted octanol–water partition coefficient (Wildman–Crippen LogP) is -1.09. The van der Waals surface area contributed by atoms with Crippen LogP contribution < -0.4 is 4.72 Å². The second-order valence-electron chi connectivity index (χ2n) is 4.89. The van der Waals surface area contributed by atoms with Gasteiger partial charge in [-0.3, -0.25) is 4.79 Å². The van der Waals surface area contributed by atoms with Gasteiger partial charge in [0.05, 0.1) is 18.8 Å². The molecule has 1 amide bonds. The molecule has 1 saturated heterocycles. The molecule has 1 unspecified atom stereocenters. The molecule has 2 N–H and O–H groups in total. The van der Waals surface area contributed by atoms with E-state index < -0.39 is 21.7 Å². The fraction of sp³-hybridized carbons (Fsp3) is 0.889. The highest BCUT2D eigenvalue weighted by Gasteiger charge is 2.33. The lowest BCUT2D eigenvalue weighted by molar-refractivity contribution is -0.128. The van der Waals surface area contributed by atoms with Crippen molar-refractivity contribution in [1.29, 1.82) is 0 Å². The highest BCUT2D eigenvalue weighted by atomic mass is 32.2. The first-order valence-electron chi connectivity index (χ1n) is 5.04.